The molecule has 0 aliphatic carbocycles. The molecule has 0 bridgehead atoms. The Balaban J connectivity index is 2.42. The van der Waals surface area contributed by atoms with Crippen LogP contribution < -0.4 is 5.32 Å². The summed E-state index contributed by atoms with van der Waals surface area (Å²) in [7, 11) is 0. The van der Waals surface area contributed by atoms with Crippen LogP contribution in [0.4, 0.5) is 0 Å². The zero-order chi connectivity index (χ0) is 12.0. The van der Waals surface area contributed by atoms with Gasteiger partial charge in [0.1, 0.15) is 0 Å². The predicted molar refractivity (Wildman–Crippen MR) is 69.3 cm³/mol. The molecule has 1 atom stereocenters. The van der Waals surface area contributed by atoms with E-state index >= 15 is 0 Å². The van der Waals surface area contributed by atoms with Crippen LogP contribution in [0.3, 0.4) is 0 Å². The summed E-state index contributed by atoms with van der Waals surface area (Å²) in [6.45, 7) is 9.74. The minimum absolute atomic E-state index is 0.580. The fourth-order valence-electron chi connectivity index (χ4n) is 2.04. The largest absolute Gasteiger partial charge is 0.310 e. The topological polar surface area (TPSA) is 24.9 Å². The number of hydrogen-bond donors (Lipinski definition) is 1. The maximum absolute atomic E-state index is 4.30. The van der Waals surface area contributed by atoms with E-state index in [9.17, 15) is 0 Å². The SMILES string of the molecule is CCC(CC)C(C)NCc1ccc(C)nc1. The molecule has 1 aromatic heterocycles. The molecule has 0 spiro atoms. The Kier molecular flexibility index (Phi) is 5.47. The summed E-state index contributed by atoms with van der Waals surface area (Å²) >= 11 is 0. The monoisotopic (exact) mass is 220 g/mol. The first-order valence-electron chi connectivity index (χ1n) is 6.32. The number of rotatable bonds is 6. The zero-order valence-electron chi connectivity index (χ0n) is 11.0. The smallest absolute Gasteiger partial charge is 0.0372 e. The van der Waals surface area contributed by atoms with Gasteiger partial charge in [-0.2, -0.15) is 0 Å². The van der Waals surface area contributed by atoms with Gasteiger partial charge in [0.2, 0.25) is 0 Å². The molecule has 0 aliphatic rings. The van der Waals surface area contributed by atoms with Gasteiger partial charge in [0.05, 0.1) is 0 Å². The van der Waals surface area contributed by atoms with Gasteiger partial charge in [-0.15, -0.1) is 0 Å². The second-order valence-electron chi connectivity index (χ2n) is 4.55. The zero-order valence-corrected chi connectivity index (χ0v) is 11.0. The summed E-state index contributed by atoms with van der Waals surface area (Å²) < 4.78 is 0. The Hall–Kier alpha value is -0.890. The van der Waals surface area contributed by atoms with Crippen LogP contribution >= 0.6 is 0 Å². The van der Waals surface area contributed by atoms with Gasteiger partial charge in [-0.05, 0) is 31.4 Å². The van der Waals surface area contributed by atoms with Gasteiger partial charge in [0.15, 0.2) is 0 Å². The van der Waals surface area contributed by atoms with Crippen LogP contribution in [0.2, 0.25) is 0 Å². The number of nitrogens with one attached hydrogen (secondary N) is 1. The molecule has 16 heavy (non-hydrogen) atoms. The minimum atomic E-state index is 0.580. The number of nitrogens with zero attached hydrogens (tertiary/aromatic N) is 1. The van der Waals surface area contributed by atoms with E-state index in [2.05, 4.69) is 43.2 Å². The standard InChI is InChI=1S/C14H24N2/c1-5-14(6-2)12(4)16-10-13-8-7-11(3)15-9-13/h7-9,12,14,16H,5-6,10H2,1-4H3. The molecule has 2 nitrogen and oxygen atoms in total. The van der Waals surface area contributed by atoms with Gasteiger partial charge in [-0.25, -0.2) is 0 Å². The number of aromatic nitrogens is 1. The van der Waals surface area contributed by atoms with Crippen molar-refractivity contribution < 1.29 is 0 Å². The van der Waals surface area contributed by atoms with Crippen LogP contribution in [0.5, 0.6) is 0 Å². The molecule has 1 unspecified atom stereocenters. The van der Waals surface area contributed by atoms with E-state index in [0.717, 1.165) is 18.2 Å². The normalized spacial score (nSPS) is 13.1. The first-order chi connectivity index (χ1) is 7.67. The van der Waals surface area contributed by atoms with Crippen LogP contribution in [0, 0.1) is 12.8 Å². The minimum Gasteiger partial charge on any atom is -0.310 e. The van der Waals surface area contributed by atoms with E-state index in [1.165, 1.54) is 18.4 Å². The van der Waals surface area contributed by atoms with Crippen molar-refractivity contribution in [1.29, 1.82) is 0 Å². The first kappa shape index (κ1) is 13.2. The molecule has 0 aromatic carbocycles. The molecule has 0 radical (unpaired) electrons. The lowest BCUT2D eigenvalue weighted by Crippen LogP contribution is -2.32. The molecule has 0 aliphatic heterocycles. The van der Waals surface area contributed by atoms with Gasteiger partial charge < -0.3 is 5.32 Å². The van der Waals surface area contributed by atoms with Crippen LogP contribution in [0.25, 0.3) is 0 Å². The van der Waals surface area contributed by atoms with Crippen molar-refractivity contribution in [3.8, 4) is 0 Å². The lowest BCUT2D eigenvalue weighted by Gasteiger charge is -2.22. The summed E-state index contributed by atoms with van der Waals surface area (Å²) in [5.74, 6) is 0.776. The molecule has 2 heteroatoms. The Morgan fingerprint density at radius 3 is 2.44 bits per heavy atom. The summed E-state index contributed by atoms with van der Waals surface area (Å²) in [4.78, 5) is 4.30. The Morgan fingerprint density at radius 1 is 1.25 bits per heavy atom. The molecule has 0 saturated carbocycles. The second-order valence-corrected chi connectivity index (χ2v) is 4.55. The Bertz CT molecular complexity index is 288. The van der Waals surface area contributed by atoms with Crippen molar-refractivity contribution >= 4 is 0 Å². The van der Waals surface area contributed by atoms with E-state index in [4.69, 9.17) is 0 Å². The third-order valence-corrected chi connectivity index (χ3v) is 3.36. The summed E-state index contributed by atoms with van der Waals surface area (Å²) in [5.41, 5.74) is 2.35. The molecule has 1 rings (SSSR count). The van der Waals surface area contributed by atoms with Gasteiger partial charge in [0.25, 0.3) is 0 Å². The molecular formula is C14H24N2. The van der Waals surface area contributed by atoms with Crippen molar-refractivity contribution in [2.24, 2.45) is 5.92 Å². The first-order valence-corrected chi connectivity index (χ1v) is 6.32. The van der Waals surface area contributed by atoms with E-state index in [0.29, 0.717) is 6.04 Å². The Morgan fingerprint density at radius 2 is 1.94 bits per heavy atom. The summed E-state index contributed by atoms with van der Waals surface area (Å²) in [6.07, 6.45) is 4.45. The van der Waals surface area contributed by atoms with Crippen molar-refractivity contribution in [1.82, 2.24) is 10.3 Å². The molecule has 90 valence electrons. The highest BCUT2D eigenvalue weighted by Crippen LogP contribution is 2.13. The number of pyridine rings is 1. The molecule has 0 amide bonds. The second kappa shape index (κ2) is 6.64. The number of hydrogen-bond acceptors (Lipinski definition) is 2. The fraction of sp³-hybridized carbons (Fsp3) is 0.643. The highest BCUT2D eigenvalue weighted by Gasteiger charge is 2.12. The van der Waals surface area contributed by atoms with Crippen molar-refractivity contribution in [2.75, 3.05) is 0 Å². The van der Waals surface area contributed by atoms with E-state index < -0.39 is 0 Å². The highest BCUT2D eigenvalue weighted by atomic mass is 14.9. The summed E-state index contributed by atoms with van der Waals surface area (Å²) in [6, 6.07) is 4.80. The van der Waals surface area contributed by atoms with Gasteiger partial charge in [0, 0.05) is 24.5 Å². The number of aryl methyl sites for hydroxylation is 1. The van der Waals surface area contributed by atoms with Crippen molar-refractivity contribution in [2.45, 2.75) is 53.1 Å². The van der Waals surface area contributed by atoms with E-state index in [1.54, 1.807) is 0 Å². The summed E-state index contributed by atoms with van der Waals surface area (Å²) in [5, 5.41) is 3.58. The van der Waals surface area contributed by atoms with Crippen LogP contribution in [0.1, 0.15) is 44.9 Å². The average Bonchev–Trinajstić information content (AvgIpc) is 2.30. The van der Waals surface area contributed by atoms with Crippen molar-refractivity contribution in [3.63, 3.8) is 0 Å². The van der Waals surface area contributed by atoms with E-state index in [-0.39, 0.29) is 0 Å². The molecule has 1 heterocycles. The van der Waals surface area contributed by atoms with Gasteiger partial charge >= 0.3 is 0 Å². The maximum Gasteiger partial charge on any atom is 0.0372 e. The molecule has 1 N–H and O–H groups in total. The molecule has 0 fully saturated rings. The van der Waals surface area contributed by atoms with Gasteiger partial charge in [-0.3, -0.25) is 4.98 Å². The third-order valence-electron chi connectivity index (χ3n) is 3.36. The quantitative estimate of drug-likeness (QED) is 0.795. The lowest BCUT2D eigenvalue weighted by molar-refractivity contribution is 0.353. The third kappa shape index (κ3) is 3.93. The van der Waals surface area contributed by atoms with Crippen LogP contribution in [-0.4, -0.2) is 11.0 Å². The molecule has 0 saturated heterocycles. The van der Waals surface area contributed by atoms with Crippen molar-refractivity contribution in [3.05, 3.63) is 29.6 Å². The average molecular weight is 220 g/mol. The molecular weight excluding hydrogens is 196 g/mol. The predicted octanol–water partition coefficient (Wildman–Crippen LogP) is 3.30. The fourth-order valence-corrected chi connectivity index (χ4v) is 2.04. The van der Waals surface area contributed by atoms with Gasteiger partial charge in [-0.1, -0.05) is 32.8 Å². The Labute approximate surface area is 99.5 Å². The molecule has 1 aromatic rings. The maximum atomic E-state index is 4.30. The lowest BCUT2D eigenvalue weighted by atomic mass is 9.95. The highest BCUT2D eigenvalue weighted by molar-refractivity contribution is 5.12. The van der Waals surface area contributed by atoms with Crippen LogP contribution in [0.15, 0.2) is 18.3 Å². The van der Waals surface area contributed by atoms with Crippen LogP contribution in [-0.2, 0) is 6.54 Å². The van der Waals surface area contributed by atoms with E-state index in [1.807, 2.05) is 13.1 Å².